The minimum absolute atomic E-state index is 0.00507. The van der Waals surface area contributed by atoms with E-state index in [9.17, 15) is 14.4 Å². The van der Waals surface area contributed by atoms with E-state index in [1.807, 2.05) is 19.9 Å². The molecular formula is C16H18O3. The third-order valence-electron chi connectivity index (χ3n) is 3.85. The Hall–Kier alpha value is -1.77. The first-order valence-corrected chi connectivity index (χ1v) is 6.57. The Kier molecular flexibility index (Phi) is 3.65. The van der Waals surface area contributed by atoms with Gasteiger partial charge in [-0.05, 0) is 6.42 Å². The fraction of sp³-hybridized carbons (Fsp3) is 0.438. The summed E-state index contributed by atoms with van der Waals surface area (Å²) in [5.74, 6) is -1.07. The van der Waals surface area contributed by atoms with Crippen LogP contribution in [-0.2, 0) is 9.59 Å². The standard InChI is InChI=1S/C16H18O3/c1-16(2)9-8-13(17)12(15(16)19)10-14(18)11-6-4-3-5-7-11/h3-7,12H,8-10H2,1-2H3. The van der Waals surface area contributed by atoms with Crippen molar-refractivity contribution in [1.29, 1.82) is 0 Å². The zero-order chi connectivity index (χ0) is 14.0. The van der Waals surface area contributed by atoms with Gasteiger partial charge < -0.3 is 0 Å². The van der Waals surface area contributed by atoms with Crippen molar-refractivity contribution in [3.8, 4) is 0 Å². The summed E-state index contributed by atoms with van der Waals surface area (Å²) in [7, 11) is 0. The van der Waals surface area contributed by atoms with Crippen molar-refractivity contribution in [2.24, 2.45) is 11.3 Å². The molecule has 0 aromatic heterocycles. The minimum atomic E-state index is -0.753. The van der Waals surface area contributed by atoms with Crippen molar-refractivity contribution in [2.75, 3.05) is 0 Å². The maximum absolute atomic E-state index is 12.3. The number of carbonyl (C=O) groups excluding carboxylic acids is 3. The van der Waals surface area contributed by atoms with Gasteiger partial charge in [-0.2, -0.15) is 0 Å². The molecule has 0 saturated heterocycles. The highest BCUT2D eigenvalue weighted by molar-refractivity contribution is 6.11. The predicted octanol–water partition coefficient (Wildman–Crippen LogP) is 2.83. The topological polar surface area (TPSA) is 51.2 Å². The number of benzene rings is 1. The van der Waals surface area contributed by atoms with E-state index in [2.05, 4.69) is 0 Å². The van der Waals surface area contributed by atoms with Crippen molar-refractivity contribution in [3.63, 3.8) is 0 Å². The molecule has 2 rings (SSSR count). The minimum Gasteiger partial charge on any atom is -0.299 e. The third-order valence-corrected chi connectivity index (χ3v) is 3.85. The van der Waals surface area contributed by atoms with Gasteiger partial charge >= 0.3 is 0 Å². The van der Waals surface area contributed by atoms with Crippen molar-refractivity contribution in [3.05, 3.63) is 35.9 Å². The van der Waals surface area contributed by atoms with Gasteiger partial charge in [0.25, 0.3) is 0 Å². The lowest BCUT2D eigenvalue weighted by atomic mass is 9.69. The number of carbonyl (C=O) groups is 3. The average molecular weight is 258 g/mol. The Morgan fingerprint density at radius 3 is 2.47 bits per heavy atom. The zero-order valence-electron chi connectivity index (χ0n) is 11.3. The molecule has 0 radical (unpaired) electrons. The molecule has 1 saturated carbocycles. The molecule has 0 aliphatic heterocycles. The monoisotopic (exact) mass is 258 g/mol. The van der Waals surface area contributed by atoms with Crippen LogP contribution in [0.25, 0.3) is 0 Å². The largest absolute Gasteiger partial charge is 0.299 e. The fourth-order valence-corrected chi connectivity index (χ4v) is 2.48. The predicted molar refractivity (Wildman–Crippen MR) is 71.9 cm³/mol. The molecule has 1 fully saturated rings. The highest BCUT2D eigenvalue weighted by Crippen LogP contribution is 2.35. The second kappa shape index (κ2) is 5.08. The Balaban J connectivity index is 2.15. The number of Topliss-reactive ketones (excluding diaryl/α,β-unsaturated/α-hetero) is 3. The van der Waals surface area contributed by atoms with Gasteiger partial charge in [0.2, 0.25) is 0 Å². The van der Waals surface area contributed by atoms with E-state index in [0.29, 0.717) is 18.4 Å². The van der Waals surface area contributed by atoms with Gasteiger partial charge in [0, 0.05) is 23.8 Å². The van der Waals surface area contributed by atoms with E-state index in [4.69, 9.17) is 0 Å². The molecule has 1 aromatic carbocycles. The molecule has 1 unspecified atom stereocenters. The van der Waals surface area contributed by atoms with Gasteiger partial charge in [-0.15, -0.1) is 0 Å². The molecule has 1 atom stereocenters. The van der Waals surface area contributed by atoms with Gasteiger partial charge in [-0.25, -0.2) is 0 Å². The lowest BCUT2D eigenvalue weighted by molar-refractivity contribution is -0.142. The van der Waals surface area contributed by atoms with E-state index < -0.39 is 11.3 Å². The molecule has 3 heteroatoms. The van der Waals surface area contributed by atoms with Gasteiger partial charge in [0.15, 0.2) is 5.78 Å². The highest BCUT2D eigenvalue weighted by Gasteiger charge is 2.42. The first-order valence-electron chi connectivity index (χ1n) is 6.57. The van der Waals surface area contributed by atoms with Crippen LogP contribution in [0.15, 0.2) is 30.3 Å². The molecule has 19 heavy (non-hydrogen) atoms. The summed E-state index contributed by atoms with van der Waals surface area (Å²) in [4.78, 5) is 36.2. The van der Waals surface area contributed by atoms with E-state index in [0.717, 1.165) is 0 Å². The lowest BCUT2D eigenvalue weighted by Crippen LogP contribution is -2.41. The van der Waals surface area contributed by atoms with Crippen molar-refractivity contribution < 1.29 is 14.4 Å². The molecule has 1 aromatic rings. The van der Waals surface area contributed by atoms with Gasteiger partial charge in [0.05, 0.1) is 5.92 Å². The van der Waals surface area contributed by atoms with E-state index >= 15 is 0 Å². The molecular weight excluding hydrogens is 240 g/mol. The molecule has 100 valence electrons. The molecule has 1 aliphatic carbocycles. The summed E-state index contributed by atoms with van der Waals surface area (Å²) in [5, 5.41) is 0. The van der Waals surface area contributed by atoms with Crippen LogP contribution in [0.1, 0.15) is 43.5 Å². The number of ketones is 3. The first-order chi connectivity index (χ1) is 8.92. The quantitative estimate of drug-likeness (QED) is 0.618. The van der Waals surface area contributed by atoms with Gasteiger partial charge in [0.1, 0.15) is 11.6 Å². The number of hydrogen-bond donors (Lipinski definition) is 0. The Bertz CT molecular complexity index is 514. The summed E-state index contributed by atoms with van der Waals surface area (Å²) in [5.41, 5.74) is 0.0710. The zero-order valence-corrected chi connectivity index (χ0v) is 11.3. The van der Waals surface area contributed by atoms with Crippen LogP contribution in [0.4, 0.5) is 0 Å². The maximum atomic E-state index is 12.3. The maximum Gasteiger partial charge on any atom is 0.164 e. The van der Waals surface area contributed by atoms with E-state index in [-0.39, 0.29) is 23.8 Å². The third kappa shape index (κ3) is 2.80. The van der Waals surface area contributed by atoms with Crippen LogP contribution in [0.3, 0.4) is 0 Å². The highest BCUT2D eigenvalue weighted by atomic mass is 16.2. The van der Waals surface area contributed by atoms with Crippen LogP contribution >= 0.6 is 0 Å². The fourth-order valence-electron chi connectivity index (χ4n) is 2.48. The van der Waals surface area contributed by atoms with Gasteiger partial charge in [-0.3, -0.25) is 14.4 Å². The van der Waals surface area contributed by atoms with Crippen LogP contribution in [0.5, 0.6) is 0 Å². The molecule has 0 bridgehead atoms. The van der Waals surface area contributed by atoms with E-state index in [1.165, 1.54) is 0 Å². The van der Waals surface area contributed by atoms with Crippen LogP contribution in [-0.4, -0.2) is 17.3 Å². The van der Waals surface area contributed by atoms with Gasteiger partial charge in [-0.1, -0.05) is 44.2 Å². The molecule has 0 amide bonds. The van der Waals surface area contributed by atoms with Crippen molar-refractivity contribution >= 4 is 17.3 Å². The summed E-state index contributed by atoms with van der Waals surface area (Å²) >= 11 is 0. The second-order valence-electron chi connectivity index (χ2n) is 5.76. The average Bonchev–Trinajstić information content (AvgIpc) is 2.40. The van der Waals surface area contributed by atoms with Crippen LogP contribution in [0, 0.1) is 11.3 Å². The second-order valence-corrected chi connectivity index (χ2v) is 5.76. The van der Waals surface area contributed by atoms with Crippen molar-refractivity contribution in [1.82, 2.24) is 0 Å². The molecule has 1 aliphatic rings. The van der Waals surface area contributed by atoms with Crippen LogP contribution < -0.4 is 0 Å². The lowest BCUT2D eigenvalue weighted by Gasteiger charge is -2.32. The summed E-state index contributed by atoms with van der Waals surface area (Å²) in [6.07, 6.45) is 0.983. The number of hydrogen-bond acceptors (Lipinski definition) is 3. The Morgan fingerprint density at radius 1 is 1.21 bits per heavy atom. The van der Waals surface area contributed by atoms with Crippen LogP contribution in [0.2, 0.25) is 0 Å². The Labute approximate surface area is 113 Å². The molecule has 0 spiro atoms. The summed E-state index contributed by atoms with van der Waals surface area (Å²) in [6.45, 7) is 3.70. The molecule has 0 N–H and O–H groups in total. The molecule has 3 nitrogen and oxygen atoms in total. The normalized spacial score (nSPS) is 22.3. The summed E-state index contributed by atoms with van der Waals surface area (Å²) < 4.78 is 0. The number of rotatable bonds is 3. The molecule has 0 heterocycles. The van der Waals surface area contributed by atoms with E-state index in [1.54, 1.807) is 24.3 Å². The smallest absolute Gasteiger partial charge is 0.164 e. The SMILES string of the molecule is CC1(C)CCC(=O)C(CC(=O)c2ccccc2)C1=O. The first kappa shape index (κ1) is 13.7. The van der Waals surface area contributed by atoms with Crippen molar-refractivity contribution in [2.45, 2.75) is 33.1 Å². The summed E-state index contributed by atoms with van der Waals surface area (Å²) in [6, 6.07) is 8.82. The Morgan fingerprint density at radius 2 is 1.84 bits per heavy atom.